The highest BCUT2D eigenvalue weighted by molar-refractivity contribution is 5.89. The zero-order valence-corrected chi connectivity index (χ0v) is 8.95. The van der Waals surface area contributed by atoms with Gasteiger partial charge in [0.25, 0.3) is 0 Å². The van der Waals surface area contributed by atoms with Gasteiger partial charge in [0.15, 0.2) is 0 Å². The van der Waals surface area contributed by atoms with Crippen LogP contribution in [-0.4, -0.2) is 15.6 Å². The molecule has 3 nitrogen and oxygen atoms in total. The van der Waals surface area contributed by atoms with Crippen LogP contribution in [0.15, 0.2) is 12.3 Å². The molecule has 1 unspecified atom stereocenters. The van der Waals surface area contributed by atoms with E-state index < -0.39 is 5.97 Å². The first-order valence-corrected chi connectivity index (χ1v) is 5.04. The molecule has 0 aromatic carbocycles. The standard InChI is InChI=1S/C11H17NO2/c1-4-8(3)12-7-6-9(11(13)14)10(12)5-2/h6-8H,4-5H2,1-3H3,(H,13,14). The molecule has 14 heavy (non-hydrogen) atoms. The Hall–Kier alpha value is -1.25. The Labute approximate surface area is 84.4 Å². The minimum atomic E-state index is -0.830. The van der Waals surface area contributed by atoms with Gasteiger partial charge in [0, 0.05) is 17.9 Å². The fourth-order valence-corrected chi connectivity index (χ4v) is 1.66. The van der Waals surface area contributed by atoms with Crippen LogP contribution in [0.1, 0.15) is 49.3 Å². The van der Waals surface area contributed by atoms with Crippen molar-refractivity contribution >= 4 is 5.97 Å². The van der Waals surface area contributed by atoms with Gasteiger partial charge in [-0.25, -0.2) is 4.79 Å². The first-order valence-electron chi connectivity index (χ1n) is 5.04. The molecule has 78 valence electrons. The van der Waals surface area contributed by atoms with Gasteiger partial charge in [-0.1, -0.05) is 13.8 Å². The van der Waals surface area contributed by atoms with Crippen LogP contribution in [0.4, 0.5) is 0 Å². The van der Waals surface area contributed by atoms with E-state index in [9.17, 15) is 4.79 Å². The maximum absolute atomic E-state index is 10.9. The lowest BCUT2D eigenvalue weighted by atomic mass is 10.2. The Bertz CT molecular complexity index is 328. The quantitative estimate of drug-likeness (QED) is 0.802. The summed E-state index contributed by atoms with van der Waals surface area (Å²) in [6.45, 7) is 6.19. The number of carboxylic acid groups (broad SMARTS) is 1. The topological polar surface area (TPSA) is 42.2 Å². The molecule has 1 atom stereocenters. The number of hydrogen-bond acceptors (Lipinski definition) is 1. The predicted octanol–water partition coefficient (Wildman–Crippen LogP) is 2.72. The summed E-state index contributed by atoms with van der Waals surface area (Å²) in [5.74, 6) is -0.830. The lowest BCUT2D eigenvalue weighted by molar-refractivity contribution is 0.0695. The Morgan fingerprint density at radius 2 is 2.21 bits per heavy atom. The molecule has 0 bridgehead atoms. The molecule has 0 amide bonds. The molecule has 0 saturated heterocycles. The third kappa shape index (κ3) is 1.81. The number of aromatic carboxylic acids is 1. The minimum absolute atomic E-state index is 0.373. The first kappa shape index (κ1) is 10.8. The van der Waals surface area contributed by atoms with Crippen LogP contribution in [0.3, 0.4) is 0 Å². The number of rotatable bonds is 4. The highest BCUT2D eigenvalue weighted by Gasteiger charge is 2.15. The third-order valence-electron chi connectivity index (χ3n) is 2.66. The van der Waals surface area contributed by atoms with Crippen molar-refractivity contribution in [1.29, 1.82) is 0 Å². The molecule has 1 heterocycles. The summed E-state index contributed by atoms with van der Waals surface area (Å²) in [5, 5.41) is 8.95. The minimum Gasteiger partial charge on any atom is -0.478 e. The summed E-state index contributed by atoms with van der Waals surface area (Å²) < 4.78 is 2.06. The van der Waals surface area contributed by atoms with Crippen molar-refractivity contribution in [2.45, 2.75) is 39.7 Å². The van der Waals surface area contributed by atoms with E-state index in [-0.39, 0.29) is 0 Å². The lowest BCUT2D eigenvalue weighted by Crippen LogP contribution is -2.09. The predicted molar refractivity (Wildman–Crippen MR) is 55.8 cm³/mol. The molecule has 1 rings (SSSR count). The van der Waals surface area contributed by atoms with Crippen molar-refractivity contribution < 1.29 is 9.90 Å². The van der Waals surface area contributed by atoms with Crippen LogP contribution in [0.2, 0.25) is 0 Å². The van der Waals surface area contributed by atoms with Gasteiger partial charge >= 0.3 is 5.97 Å². The summed E-state index contributed by atoms with van der Waals surface area (Å²) >= 11 is 0. The highest BCUT2D eigenvalue weighted by Crippen LogP contribution is 2.19. The van der Waals surface area contributed by atoms with Gasteiger partial charge in [0.2, 0.25) is 0 Å². The molecule has 0 fully saturated rings. The molecular formula is C11H17NO2. The van der Waals surface area contributed by atoms with Gasteiger partial charge in [-0.3, -0.25) is 0 Å². The molecule has 0 spiro atoms. The van der Waals surface area contributed by atoms with Gasteiger partial charge in [-0.2, -0.15) is 0 Å². The molecule has 0 saturated carbocycles. The Kier molecular flexibility index (Phi) is 3.33. The maximum Gasteiger partial charge on any atom is 0.337 e. The maximum atomic E-state index is 10.9. The third-order valence-corrected chi connectivity index (χ3v) is 2.66. The van der Waals surface area contributed by atoms with E-state index in [1.807, 2.05) is 13.1 Å². The van der Waals surface area contributed by atoms with Crippen molar-refractivity contribution in [3.8, 4) is 0 Å². The average molecular weight is 195 g/mol. The molecule has 0 radical (unpaired) electrons. The number of hydrogen-bond donors (Lipinski definition) is 1. The summed E-state index contributed by atoms with van der Waals surface area (Å²) in [5.41, 5.74) is 1.36. The van der Waals surface area contributed by atoms with Crippen LogP contribution in [-0.2, 0) is 6.42 Å². The van der Waals surface area contributed by atoms with E-state index in [1.165, 1.54) is 0 Å². The van der Waals surface area contributed by atoms with E-state index >= 15 is 0 Å². The second kappa shape index (κ2) is 4.31. The largest absolute Gasteiger partial charge is 0.478 e. The SMILES string of the molecule is CCc1c(C(=O)O)ccn1C(C)CC. The first-order chi connectivity index (χ1) is 6.61. The number of carbonyl (C=O) groups is 1. The summed E-state index contributed by atoms with van der Waals surface area (Å²) in [7, 11) is 0. The van der Waals surface area contributed by atoms with E-state index in [4.69, 9.17) is 5.11 Å². The Morgan fingerprint density at radius 1 is 1.57 bits per heavy atom. The van der Waals surface area contributed by atoms with Crippen molar-refractivity contribution in [3.05, 3.63) is 23.5 Å². The van der Waals surface area contributed by atoms with E-state index in [2.05, 4.69) is 18.4 Å². The number of aromatic nitrogens is 1. The second-order valence-electron chi connectivity index (χ2n) is 3.50. The smallest absolute Gasteiger partial charge is 0.337 e. The Morgan fingerprint density at radius 3 is 2.64 bits per heavy atom. The van der Waals surface area contributed by atoms with Crippen molar-refractivity contribution in [3.63, 3.8) is 0 Å². The fraction of sp³-hybridized carbons (Fsp3) is 0.545. The summed E-state index contributed by atoms with van der Waals surface area (Å²) in [4.78, 5) is 10.9. The van der Waals surface area contributed by atoms with Crippen molar-refractivity contribution in [1.82, 2.24) is 4.57 Å². The molecule has 3 heteroatoms. The summed E-state index contributed by atoms with van der Waals surface area (Å²) in [6, 6.07) is 2.06. The van der Waals surface area contributed by atoms with Gasteiger partial charge in [0.1, 0.15) is 0 Å². The Balaban J connectivity index is 3.13. The van der Waals surface area contributed by atoms with E-state index in [1.54, 1.807) is 6.07 Å². The number of carboxylic acids is 1. The van der Waals surface area contributed by atoms with E-state index in [0.717, 1.165) is 18.5 Å². The summed E-state index contributed by atoms with van der Waals surface area (Å²) in [6.07, 6.45) is 3.65. The monoisotopic (exact) mass is 195 g/mol. The van der Waals surface area contributed by atoms with Gasteiger partial charge < -0.3 is 9.67 Å². The molecule has 0 aliphatic carbocycles. The lowest BCUT2D eigenvalue weighted by Gasteiger charge is -2.15. The van der Waals surface area contributed by atoms with Crippen LogP contribution < -0.4 is 0 Å². The van der Waals surface area contributed by atoms with E-state index in [0.29, 0.717) is 11.6 Å². The van der Waals surface area contributed by atoms with Crippen molar-refractivity contribution in [2.24, 2.45) is 0 Å². The van der Waals surface area contributed by atoms with Crippen LogP contribution in [0.5, 0.6) is 0 Å². The van der Waals surface area contributed by atoms with Crippen LogP contribution in [0.25, 0.3) is 0 Å². The normalized spacial score (nSPS) is 12.8. The van der Waals surface area contributed by atoms with Gasteiger partial charge in [-0.05, 0) is 25.8 Å². The molecule has 1 aromatic rings. The highest BCUT2D eigenvalue weighted by atomic mass is 16.4. The number of nitrogens with zero attached hydrogens (tertiary/aromatic N) is 1. The molecule has 1 aromatic heterocycles. The fourth-order valence-electron chi connectivity index (χ4n) is 1.66. The second-order valence-corrected chi connectivity index (χ2v) is 3.50. The zero-order valence-electron chi connectivity index (χ0n) is 8.95. The van der Waals surface area contributed by atoms with Crippen LogP contribution in [0, 0.1) is 0 Å². The van der Waals surface area contributed by atoms with Gasteiger partial charge in [0.05, 0.1) is 5.56 Å². The van der Waals surface area contributed by atoms with Crippen LogP contribution >= 0.6 is 0 Å². The zero-order chi connectivity index (χ0) is 10.7. The molecule has 0 aliphatic heterocycles. The molecule has 1 N–H and O–H groups in total. The molecule has 0 aliphatic rings. The average Bonchev–Trinajstić information content (AvgIpc) is 2.59. The van der Waals surface area contributed by atoms with Gasteiger partial charge in [-0.15, -0.1) is 0 Å². The van der Waals surface area contributed by atoms with Crippen molar-refractivity contribution in [2.75, 3.05) is 0 Å². The molecular weight excluding hydrogens is 178 g/mol.